The van der Waals surface area contributed by atoms with Gasteiger partial charge in [0.05, 0.1) is 0 Å². The van der Waals surface area contributed by atoms with E-state index in [1.807, 2.05) is 11.3 Å². The van der Waals surface area contributed by atoms with Gasteiger partial charge in [-0.25, -0.2) is 0 Å². The van der Waals surface area contributed by atoms with Gasteiger partial charge in [0, 0.05) is 6.04 Å². The largest absolute Gasteiger partial charge is 0.314 e. The Morgan fingerprint density at radius 1 is 1.00 bits per heavy atom. The fourth-order valence-corrected chi connectivity index (χ4v) is 3.46. The second kappa shape index (κ2) is 12.4. The highest BCUT2D eigenvalue weighted by Crippen LogP contribution is 2.14. The van der Waals surface area contributed by atoms with Crippen molar-refractivity contribution < 1.29 is 0 Å². The van der Waals surface area contributed by atoms with Crippen LogP contribution in [0.4, 0.5) is 0 Å². The molecular formula is C18H33NS. The molecule has 20 heavy (non-hydrogen) atoms. The summed E-state index contributed by atoms with van der Waals surface area (Å²) in [4.78, 5) is 0. The summed E-state index contributed by atoms with van der Waals surface area (Å²) in [5, 5.41) is 8.12. The minimum absolute atomic E-state index is 0.676. The molecule has 2 heteroatoms. The van der Waals surface area contributed by atoms with Crippen molar-refractivity contribution in [1.82, 2.24) is 5.32 Å². The molecule has 1 nitrogen and oxygen atoms in total. The summed E-state index contributed by atoms with van der Waals surface area (Å²) in [5.41, 5.74) is 1.50. The molecule has 1 aromatic heterocycles. The first-order valence-electron chi connectivity index (χ1n) is 8.61. The summed E-state index contributed by atoms with van der Waals surface area (Å²) in [6.07, 6.45) is 13.9. The topological polar surface area (TPSA) is 12.0 Å². The van der Waals surface area contributed by atoms with Gasteiger partial charge in [0.15, 0.2) is 0 Å². The van der Waals surface area contributed by atoms with Gasteiger partial charge in [-0.2, -0.15) is 11.3 Å². The monoisotopic (exact) mass is 295 g/mol. The van der Waals surface area contributed by atoms with Crippen molar-refractivity contribution >= 4 is 11.3 Å². The lowest BCUT2D eigenvalue weighted by Gasteiger charge is -2.17. The van der Waals surface area contributed by atoms with E-state index >= 15 is 0 Å². The van der Waals surface area contributed by atoms with Gasteiger partial charge in [0.1, 0.15) is 0 Å². The van der Waals surface area contributed by atoms with Crippen molar-refractivity contribution in [2.75, 3.05) is 6.54 Å². The molecule has 0 amide bonds. The molecular weight excluding hydrogens is 262 g/mol. The first kappa shape index (κ1) is 17.7. The van der Waals surface area contributed by atoms with Gasteiger partial charge >= 0.3 is 0 Å². The molecule has 0 bridgehead atoms. The predicted octanol–water partition coefficient (Wildman–Crippen LogP) is 5.80. The van der Waals surface area contributed by atoms with Crippen LogP contribution in [0.5, 0.6) is 0 Å². The average molecular weight is 296 g/mol. The Kier molecular flexibility index (Phi) is 11.0. The third kappa shape index (κ3) is 8.76. The van der Waals surface area contributed by atoms with E-state index < -0.39 is 0 Å². The Morgan fingerprint density at radius 3 is 2.30 bits per heavy atom. The Labute approximate surface area is 130 Å². The van der Waals surface area contributed by atoms with Gasteiger partial charge in [-0.15, -0.1) is 0 Å². The molecule has 0 saturated heterocycles. The summed E-state index contributed by atoms with van der Waals surface area (Å²) in [7, 11) is 0. The molecule has 0 aliphatic rings. The van der Waals surface area contributed by atoms with Crippen LogP contribution < -0.4 is 5.32 Å². The van der Waals surface area contributed by atoms with E-state index in [0.29, 0.717) is 6.04 Å². The fourth-order valence-electron chi connectivity index (χ4n) is 2.78. The van der Waals surface area contributed by atoms with Gasteiger partial charge in [-0.1, -0.05) is 65.2 Å². The normalized spacial score (nSPS) is 12.7. The molecule has 1 aromatic rings. The first-order chi connectivity index (χ1) is 9.86. The van der Waals surface area contributed by atoms with E-state index in [9.17, 15) is 0 Å². The maximum atomic E-state index is 3.64. The third-order valence-corrected chi connectivity index (χ3v) is 4.69. The fraction of sp³-hybridized carbons (Fsp3) is 0.778. The van der Waals surface area contributed by atoms with Gasteiger partial charge in [-0.05, 0) is 41.8 Å². The second-order valence-electron chi connectivity index (χ2n) is 5.85. The molecule has 0 aliphatic carbocycles. The number of rotatable bonds is 13. The number of nitrogens with one attached hydrogen (secondary N) is 1. The predicted molar refractivity (Wildman–Crippen MR) is 92.7 cm³/mol. The third-order valence-electron chi connectivity index (χ3n) is 3.96. The summed E-state index contributed by atoms with van der Waals surface area (Å²) in [5.74, 6) is 0. The molecule has 0 fully saturated rings. The van der Waals surface area contributed by atoms with Crippen LogP contribution in [0, 0.1) is 0 Å². The van der Waals surface area contributed by atoms with E-state index in [-0.39, 0.29) is 0 Å². The number of thiophene rings is 1. The second-order valence-corrected chi connectivity index (χ2v) is 6.63. The molecule has 1 rings (SSSR count). The van der Waals surface area contributed by atoms with Crippen LogP contribution in [0.25, 0.3) is 0 Å². The summed E-state index contributed by atoms with van der Waals surface area (Å²) in [6.45, 7) is 5.59. The average Bonchev–Trinajstić information content (AvgIpc) is 2.95. The van der Waals surface area contributed by atoms with Gasteiger partial charge < -0.3 is 5.32 Å². The number of likely N-dealkylation sites (N-methyl/N-ethyl adjacent to an activating group) is 1. The van der Waals surface area contributed by atoms with Crippen molar-refractivity contribution in [3.63, 3.8) is 0 Å². The molecule has 0 saturated carbocycles. The lowest BCUT2D eigenvalue weighted by atomic mass is 10.0. The summed E-state index contributed by atoms with van der Waals surface area (Å²) >= 11 is 1.81. The molecule has 1 N–H and O–H groups in total. The van der Waals surface area contributed by atoms with Gasteiger partial charge in [-0.3, -0.25) is 0 Å². The molecule has 116 valence electrons. The van der Waals surface area contributed by atoms with Gasteiger partial charge in [0.2, 0.25) is 0 Å². The molecule has 0 aromatic carbocycles. The highest BCUT2D eigenvalue weighted by Gasteiger charge is 2.08. The maximum absolute atomic E-state index is 3.64. The lowest BCUT2D eigenvalue weighted by Crippen LogP contribution is -2.30. The van der Waals surface area contributed by atoms with E-state index in [2.05, 4.69) is 36.0 Å². The first-order valence-corrected chi connectivity index (χ1v) is 9.55. The smallest absolute Gasteiger partial charge is 0.0108 e. The SMILES string of the molecule is CCCCCCCCCCC(Cc1ccsc1)NCC. The van der Waals surface area contributed by atoms with Crippen molar-refractivity contribution in [3.05, 3.63) is 22.4 Å². The van der Waals surface area contributed by atoms with Crippen LogP contribution in [0.15, 0.2) is 16.8 Å². The summed E-state index contributed by atoms with van der Waals surface area (Å²) in [6, 6.07) is 2.94. The van der Waals surface area contributed by atoms with E-state index in [1.54, 1.807) is 0 Å². The Bertz CT molecular complexity index is 294. The van der Waals surface area contributed by atoms with Crippen LogP contribution >= 0.6 is 11.3 Å². The quantitative estimate of drug-likeness (QED) is 0.453. The van der Waals surface area contributed by atoms with Crippen molar-refractivity contribution in [2.45, 2.75) is 84.1 Å². The minimum Gasteiger partial charge on any atom is -0.314 e. The van der Waals surface area contributed by atoms with Crippen molar-refractivity contribution in [1.29, 1.82) is 0 Å². The zero-order valence-electron chi connectivity index (χ0n) is 13.5. The van der Waals surface area contributed by atoms with Crippen LogP contribution in [-0.2, 0) is 6.42 Å². The summed E-state index contributed by atoms with van der Waals surface area (Å²) < 4.78 is 0. The number of hydrogen-bond donors (Lipinski definition) is 1. The Balaban J connectivity index is 2.04. The van der Waals surface area contributed by atoms with E-state index in [4.69, 9.17) is 0 Å². The number of hydrogen-bond acceptors (Lipinski definition) is 2. The van der Waals surface area contributed by atoms with Crippen LogP contribution in [0.1, 0.15) is 77.2 Å². The Hall–Kier alpha value is -0.340. The van der Waals surface area contributed by atoms with Gasteiger partial charge in [0.25, 0.3) is 0 Å². The zero-order chi connectivity index (χ0) is 14.5. The van der Waals surface area contributed by atoms with E-state index in [1.165, 1.54) is 69.8 Å². The molecule has 1 atom stereocenters. The van der Waals surface area contributed by atoms with Crippen LogP contribution in [-0.4, -0.2) is 12.6 Å². The van der Waals surface area contributed by atoms with Crippen molar-refractivity contribution in [3.8, 4) is 0 Å². The molecule has 0 spiro atoms. The maximum Gasteiger partial charge on any atom is 0.0108 e. The highest BCUT2D eigenvalue weighted by atomic mass is 32.1. The molecule has 1 unspecified atom stereocenters. The minimum atomic E-state index is 0.676. The molecule has 1 heterocycles. The Morgan fingerprint density at radius 2 is 1.70 bits per heavy atom. The number of unbranched alkanes of at least 4 members (excludes halogenated alkanes) is 7. The zero-order valence-corrected chi connectivity index (χ0v) is 14.3. The van der Waals surface area contributed by atoms with E-state index in [0.717, 1.165) is 6.54 Å². The highest BCUT2D eigenvalue weighted by molar-refractivity contribution is 7.07. The standard InChI is InChI=1S/C18H33NS/c1-3-5-6-7-8-9-10-11-12-18(19-4-2)15-17-13-14-20-16-17/h13-14,16,18-19H,3-12,15H2,1-2H3. The van der Waals surface area contributed by atoms with Crippen LogP contribution in [0.3, 0.4) is 0 Å². The lowest BCUT2D eigenvalue weighted by molar-refractivity contribution is 0.458. The van der Waals surface area contributed by atoms with Crippen molar-refractivity contribution in [2.24, 2.45) is 0 Å². The molecule has 0 aliphatic heterocycles. The van der Waals surface area contributed by atoms with Crippen LogP contribution in [0.2, 0.25) is 0 Å². The molecule has 0 radical (unpaired) electrons.